The van der Waals surface area contributed by atoms with E-state index in [0.29, 0.717) is 0 Å². The van der Waals surface area contributed by atoms with Crippen molar-refractivity contribution in [2.75, 3.05) is 6.54 Å². The maximum absolute atomic E-state index is 11.9. The largest absolute Gasteiger partial charge is 0.352 e. The predicted molar refractivity (Wildman–Crippen MR) is 72.2 cm³/mol. The van der Waals surface area contributed by atoms with Crippen molar-refractivity contribution in [3.05, 3.63) is 18.5 Å². The Hall–Kier alpha value is -1.36. The maximum Gasteiger partial charge on any atom is 0.237 e. The first-order valence-corrected chi connectivity index (χ1v) is 6.68. The Balaban J connectivity index is 2.23. The summed E-state index contributed by atoms with van der Waals surface area (Å²) in [5.74, 6) is 0.0733. The molecule has 1 heterocycles. The quantitative estimate of drug-likeness (QED) is 0.730. The van der Waals surface area contributed by atoms with E-state index >= 15 is 0 Å². The second kappa shape index (κ2) is 7.87. The Bertz CT molecular complexity index is 333. The van der Waals surface area contributed by atoms with Gasteiger partial charge in [-0.15, -0.1) is 0 Å². The van der Waals surface area contributed by atoms with E-state index in [1.54, 1.807) is 6.20 Å². The molecule has 0 aliphatic carbocycles. The van der Waals surface area contributed by atoms with Crippen molar-refractivity contribution in [2.45, 2.75) is 52.2 Å². The Morgan fingerprint density at radius 1 is 1.39 bits per heavy atom. The lowest BCUT2D eigenvalue weighted by atomic mass is 10.1. The van der Waals surface area contributed by atoms with Crippen LogP contribution in [0.25, 0.3) is 0 Å². The number of rotatable bonds is 8. The van der Waals surface area contributed by atoms with E-state index in [0.717, 1.165) is 25.9 Å². The molecule has 1 atom stereocenters. The molecule has 102 valence electrons. The summed E-state index contributed by atoms with van der Waals surface area (Å²) in [6.07, 6.45) is 5.62. The van der Waals surface area contributed by atoms with Crippen LogP contribution in [0.2, 0.25) is 0 Å². The SMILES string of the molecule is CCC(CC)NC(=O)C(C)NCCn1cccn1. The van der Waals surface area contributed by atoms with Crippen LogP contribution in [0.3, 0.4) is 0 Å². The minimum Gasteiger partial charge on any atom is -0.352 e. The molecular weight excluding hydrogens is 228 g/mol. The molecule has 0 fully saturated rings. The average Bonchev–Trinajstić information content (AvgIpc) is 2.88. The normalized spacial score (nSPS) is 12.7. The highest BCUT2D eigenvalue weighted by Gasteiger charge is 2.14. The van der Waals surface area contributed by atoms with Gasteiger partial charge in [-0.05, 0) is 25.8 Å². The highest BCUT2D eigenvalue weighted by atomic mass is 16.2. The second-order valence-corrected chi connectivity index (χ2v) is 4.47. The summed E-state index contributed by atoms with van der Waals surface area (Å²) in [7, 11) is 0. The zero-order chi connectivity index (χ0) is 13.4. The van der Waals surface area contributed by atoms with Gasteiger partial charge >= 0.3 is 0 Å². The molecule has 0 saturated carbocycles. The lowest BCUT2D eigenvalue weighted by molar-refractivity contribution is -0.123. The van der Waals surface area contributed by atoms with Crippen molar-refractivity contribution in [3.63, 3.8) is 0 Å². The molecule has 0 bridgehead atoms. The summed E-state index contributed by atoms with van der Waals surface area (Å²) in [5, 5.41) is 10.3. The summed E-state index contributed by atoms with van der Waals surface area (Å²) in [6.45, 7) is 7.57. The van der Waals surface area contributed by atoms with Crippen molar-refractivity contribution >= 4 is 5.91 Å². The first-order chi connectivity index (χ1) is 8.67. The van der Waals surface area contributed by atoms with Crippen molar-refractivity contribution in [1.29, 1.82) is 0 Å². The summed E-state index contributed by atoms with van der Waals surface area (Å²) in [4.78, 5) is 11.9. The lowest BCUT2D eigenvalue weighted by Crippen LogP contribution is -2.46. The molecule has 5 nitrogen and oxygen atoms in total. The van der Waals surface area contributed by atoms with Crippen LogP contribution in [0, 0.1) is 0 Å². The first kappa shape index (κ1) is 14.7. The number of hydrogen-bond acceptors (Lipinski definition) is 3. The smallest absolute Gasteiger partial charge is 0.237 e. The number of carbonyl (C=O) groups is 1. The third-order valence-electron chi connectivity index (χ3n) is 3.08. The van der Waals surface area contributed by atoms with Gasteiger partial charge in [0.1, 0.15) is 0 Å². The molecule has 0 spiro atoms. The van der Waals surface area contributed by atoms with E-state index in [1.807, 2.05) is 23.9 Å². The Morgan fingerprint density at radius 2 is 2.11 bits per heavy atom. The summed E-state index contributed by atoms with van der Waals surface area (Å²) >= 11 is 0. The monoisotopic (exact) mass is 252 g/mol. The van der Waals surface area contributed by atoms with Gasteiger partial charge in [-0.25, -0.2) is 0 Å². The van der Waals surface area contributed by atoms with Gasteiger partial charge in [0.25, 0.3) is 0 Å². The minimum atomic E-state index is -0.166. The molecule has 0 aliphatic heterocycles. The zero-order valence-corrected chi connectivity index (χ0v) is 11.5. The van der Waals surface area contributed by atoms with E-state index < -0.39 is 0 Å². The molecule has 0 radical (unpaired) electrons. The fourth-order valence-corrected chi connectivity index (χ4v) is 1.74. The van der Waals surface area contributed by atoms with Crippen LogP contribution in [0.1, 0.15) is 33.6 Å². The molecule has 18 heavy (non-hydrogen) atoms. The number of carbonyl (C=O) groups excluding carboxylic acids is 1. The van der Waals surface area contributed by atoms with E-state index in [-0.39, 0.29) is 18.0 Å². The summed E-state index contributed by atoms with van der Waals surface area (Å²) in [5.41, 5.74) is 0. The first-order valence-electron chi connectivity index (χ1n) is 6.68. The molecule has 1 rings (SSSR count). The van der Waals surface area contributed by atoms with Gasteiger partial charge in [-0.3, -0.25) is 9.48 Å². The van der Waals surface area contributed by atoms with Gasteiger partial charge in [-0.2, -0.15) is 5.10 Å². The molecular formula is C13H24N4O. The molecule has 0 aliphatic rings. The van der Waals surface area contributed by atoms with Crippen molar-refractivity contribution in [1.82, 2.24) is 20.4 Å². The molecule has 1 unspecified atom stereocenters. The number of hydrogen-bond donors (Lipinski definition) is 2. The van der Waals surface area contributed by atoms with Gasteiger partial charge in [-0.1, -0.05) is 13.8 Å². The van der Waals surface area contributed by atoms with Crippen LogP contribution in [0.4, 0.5) is 0 Å². The lowest BCUT2D eigenvalue weighted by Gasteiger charge is -2.19. The third kappa shape index (κ3) is 4.87. The Labute approximate surface area is 109 Å². The number of nitrogens with one attached hydrogen (secondary N) is 2. The molecule has 0 aromatic carbocycles. The van der Waals surface area contributed by atoms with Crippen LogP contribution in [0.5, 0.6) is 0 Å². The molecule has 1 aromatic rings. The zero-order valence-electron chi connectivity index (χ0n) is 11.5. The van der Waals surface area contributed by atoms with Crippen LogP contribution in [0.15, 0.2) is 18.5 Å². The van der Waals surface area contributed by atoms with Crippen LogP contribution in [-0.4, -0.2) is 34.3 Å². The topological polar surface area (TPSA) is 59.0 Å². The van der Waals surface area contributed by atoms with Gasteiger partial charge < -0.3 is 10.6 Å². The second-order valence-electron chi connectivity index (χ2n) is 4.47. The molecule has 5 heteroatoms. The number of aromatic nitrogens is 2. The minimum absolute atomic E-state index is 0.0733. The molecule has 1 amide bonds. The molecule has 1 aromatic heterocycles. The van der Waals surface area contributed by atoms with E-state index in [9.17, 15) is 4.79 Å². The van der Waals surface area contributed by atoms with E-state index in [1.165, 1.54) is 0 Å². The van der Waals surface area contributed by atoms with Gasteiger partial charge in [0.2, 0.25) is 5.91 Å². The highest BCUT2D eigenvalue weighted by Crippen LogP contribution is 1.96. The Kier molecular flexibility index (Phi) is 6.43. The third-order valence-corrected chi connectivity index (χ3v) is 3.08. The van der Waals surface area contributed by atoms with Crippen molar-refractivity contribution in [3.8, 4) is 0 Å². The van der Waals surface area contributed by atoms with E-state index in [4.69, 9.17) is 0 Å². The Morgan fingerprint density at radius 3 is 2.67 bits per heavy atom. The number of amides is 1. The fourth-order valence-electron chi connectivity index (χ4n) is 1.74. The van der Waals surface area contributed by atoms with Crippen LogP contribution < -0.4 is 10.6 Å². The highest BCUT2D eigenvalue weighted by molar-refractivity contribution is 5.81. The van der Waals surface area contributed by atoms with Gasteiger partial charge in [0.05, 0.1) is 12.6 Å². The molecule has 2 N–H and O–H groups in total. The van der Waals surface area contributed by atoms with Gasteiger partial charge in [0, 0.05) is 25.0 Å². The van der Waals surface area contributed by atoms with Crippen LogP contribution >= 0.6 is 0 Å². The molecule has 0 saturated heterocycles. The van der Waals surface area contributed by atoms with Gasteiger partial charge in [0.15, 0.2) is 0 Å². The predicted octanol–water partition coefficient (Wildman–Crippen LogP) is 1.17. The standard InChI is InChI=1S/C13H24N4O/c1-4-12(5-2)16-13(18)11(3)14-8-10-17-9-6-7-15-17/h6-7,9,11-12,14H,4-5,8,10H2,1-3H3,(H,16,18). The summed E-state index contributed by atoms with van der Waals surface area (Å²) in [6, 6.07) is 2.01. The fraction of sp³-hybridized carbons (Fsp3) is 0.692. The van der Waals surface area contributed by atoms with E-state index in [2.05, 4.69) is 29.6 Å². The van der Waals surface area contributed by atoms with Crippen molar-refractivity contribution in [2.24, 2.45) is 0 Å². The summed E-state index contributed by atoms with van der Waals surface area (Å²) < 4.78 is 1.85. The van der Waals surface area contributed by atoms with Crippen molar-refractivity contribution < 1.29 is 4.79 Å². The average molecular weight is 252 g/mol. The van der Waals surface area contributed by atoms with Crippen LogP contribution in [-0.2, 0) is 11.3 Å². The number of nitrogens with zero attached hydrogens (tertiary/aromatic N) is 2. The maximum atomic E-state index is 11.9.